The number of hydrogen-bond donors (Lipinski definition) is 1. The van der Waals surface area contributed by atoms with Crippen molar-refractivity contribution in [3.63, 3.8) is 0 Å². The molecule has 0 aliphatic heterocycles. The van der Waals surface area contributed by atoms with Crippen molar-refractivity contribution in [3.05, 3.63) is 48.6 Å². The number of likely N-dealkylation sites (N-methyl/N-ethyl adjacent to an activating group) is 1. The van der Waals surface area contributed by atoms with E-state index in [1.807, 2.05) is 33.3 Å². The SMILES string of the molecule is CCCCC/C=C/C=C/CCCCCCCCC(=O)OC(/C=C/CCCCCCCCCCC)C(COP(=O)([O-])OCC[N+](C)(C)C)NC(=O)CCCCCCCCC/C=C/CCCCCCCC. The van der Waals surface area contributed by atoms with Crippen molar-refractivity contribution in [2.75, 3.05) is 40.9 Å². The molecular formula is C59H111N2O7P. The summed E-state index contributed by atoms with van der Waals surface area (Å²) in [5, 5.41) is 3.02. The van der Waals surface area contributed by atoms with E-state index < -0.39 is 26.6 Å². The molecule has 0 radical (unpaired) electrons. The Hall–Kier alpha value is -2.03. The van der Waals surface area contributed by atoms with Crippen LogP contribution in [0.1, 0.15) is 265 Å². The first-order chi connectivity index (χ1) is 33.4. The molecule has 0 saturated carbocycles. The van der Waals surface area contributed by atoms with Gasteiger partial charge in [0.25, 0.3) is 7.82 Å². The Labute approximate surface area is 427 Å². The highest BCUT2D eigenvalue weighted by Gasteiger charge is 2.27. The average Bonchev–Trinajstić information content (AvgIpc) is 3.31. The normalized spacial score (nSPS) is 14.1. The lowest BCUT2D eigenvalue weighted by Crippen LogP contribution is -2.47. The Morgan fingerprint density at radius 3 is 1.35 bits per heavy atom. The third kappa shape index (κ3) is 50.7. The van der Waals surface area contributed by atoms with Crippen LogP contribution in [0.25, 0.3) is 0 Å². The lowest BCUT2D eigenvalue weighted by atomic mass is 10.1. The van der Waals surface area contributed by atoms with Crippen LogP contribution in [0, 0.1) is 0 Å². The number of unbranched alkanes of at least 4 members (excludes halogenated alkanes) is 31. The first-order valence-corrected chi connectivity index (χ1v) is 30.4. The predicted molar refractivity (Wildman–Crippen MR) is 293 cm³/mol. The fraction of sp³-hybridized carbons (Fsp3) is 0.831. The van der Waals surface area contributed by atoms with Crippen LogP contribution in [-0.2, 0) is 27.9 Å². The van der Waals surface area contributed by atoms with E-state index in [1.54, 1.807) is 0 Å². The number of ether oxygens (including phenoxy) is 1. The van der Waals surface area contributed by atoms with E-state index in [-0.39, 0.29) is 24.9 Å². The van der Waals surface area contributed by atoms with Crippen LogP contribution in [-0.4, -0.2) is 69.4 Å². The molecular weight excluding hydrogens is 880 g/mol. The first-order valence-electron chi connectivity index (χ1n) is 29.0. The highest BCUT2D eigenvalue weighted by atomic mass is 31.2. The monoisotopic (exact) mass is 991 g/mol. The molecule has 1 N–H and O–H groups in total. The predicted octanol–water partition coefficient (Wildman–Crippen LogP) is 16.7. The molecule has 0 aromatic heterocycles. The van der Waals surface area contributed by atoms with Crippen LogP contribution in [0.4, 0.5) is 0 Å². The number of quaternary nitrogens is 1. The molecule has 0 aliphatic carbocycles. The summed E-state index contributed by atoms with van der Waals surface area (Å²) in [6, 6.07) is -0.893. The molecule has 0 spiro atoms. The number of allylic oxidation sites excluding steroid dienone is 7. The lowest BCUT2D eigenvalue weighted by Gasteiger charge is -2.30. The van der Waals surface area contributed by atoms with Crippen LogP contribution < -0.4 is 10.2 Å². The van der Waals surface area contributed by atoms with Gasteiger partial charge in [0.15, 0.2) is 0 Å². The van der Waals surface area contributed by atoms with E-state index in [2.05, 4.69) is 62.5 Å². The number of rotatable bonds is 52. The number of hydrogen-bond acceptors (Lipinski definition) is 7. The topological polar surface area (TPSA) is 114 Å². The maximum absolute atomic E-state index is 13.5. The molecule has 1 amide bonds. The minimum absolute atomic E-state index is 0.0252. The van der Waals surface area contributed by atoms with Crippen LogP contribution >= 0.6 is 7.82 Å². The minimum atomic E-state index is -4.69. The van der Waals surface area contributed by atoms with Gasteiger partial charge in [0.05, 0.1) is 33.8 Å². The summed E-state index contributed by atoms with van der Waals surface area (Å²) < 4.78 is 30.2. The highest BCUT2D eigenvalue weighted by Crippen LogP contribution is 2.38. The van der Waals surface area contributed by atoms with Gasteiger partial charge in [-0.05, 0) is 83.1 Å². The molecule has 3 unspecified atom stereocenters. The zero-order chi connectivity index (χ0) is 50.8. The van der Waals surface area contributed by atoms with Gasteiger partial charge in [-0.3, -0.25) is 14.2 Å². The zero-order valence-corrected chi connectivity index (χ0v) is 46.9. The first kappa shape index (κ1) is 67.0. The maximum atomic E-state index is 13.5. The molecule has 10 heteroatoms. The van der Waals surface area contributed by atoms with Crippen molar-refractivity contribution in [2.24, 2.45) is 0 Å². The van der Waals surface area contributed by atoms with Crippen molar-refractivity contribution < 1.29 is 37.3 Å². The van der Waals surface area contributed by atoms with Crippen LogP contribution in [0.15, 0.2) is 48.6 Å². The van der Waals surface area contributed by atoms with Crippen molar-refractivity contribution in [2.45, 2.75) is 277 Å². The second-order valence-electron chi connectivity index (χ2n) is 20.8. The van der Waals surface area contributed by atoms with Gasteiger partial charge in [-0.25, -0.2) is 0 Å². The fourth-order valence-electron chi connectivity index (χ4n) is 8.21. The van der Waals surface area contributed by atoms with Gasteiger partial charge >= 0.3 is 5.97 Å². The van der Waals surface area contributed by atoms with Gasteiger partial charge in [0.2, 0.25) is 5.91 Å². The number of nitrogens with one attached hydrogen (secondary N) is 1. The Kier molecular flexibility index (Phi) is 48.1. The van der Waals surface area contributed by atoms with Crippen LogP contribution in [0.2, 0.25) is 0 Å². The standard InChI is InChI=1S/C59H111N2O7P/c1-7-10-13-16-19-22-25-27-29-30-32-33-36-39-42-45-48-51-58(62)60-56(55-67-69(64,65)66-54-53-61(4,5)6)57(50-47-44-41-38-35-24-21-18-15-12-9-3)68-59(63)52-49-46-43-40-37-34-31-28-26-23-20-17-14-11-8-2/h20,23,26-29,47,50,56-57H,7-19,21-22,24-25,30-46,48-49,51-55H2,1-6H3,(H-,60,62,64,65)/b23-20+,28-26+,29-27+,50-47+. The highest BCUT2D eigenvalue weighted by molar-refractivity contribution is 7.45. The molecule has 0 fully saturated rings. The van der Waals surface area contributed by atoms with Gasteiger partial charge in [-0.2, -0.15) is 0 Å². The summed E-state index contributed by atoms with van der Waals surface area (Å²) >= 11 is 0. The van der Waals surface area contributed by atoms with Crippen LogP contribution in [0.3, 0.4) is 0 Å². The van der Waals surface area contributed by atoms with Gasteiger partial charge < -0.3 is 28.5 Å². The number of nitrogens with zero attached hydrogens (tertiary/aromatic N) is 1. The Balaban J connectivity index is 5.32. The molecule has 0 rings (SSSR count). The Bertz CT molecular complexity index is 1330. The third-order valence-electron chi connectivity index (χ3n) is 12.8. The number of carbonyl (C=O) groups is 2. The number of carbonyl (C=O) groups excluding carboxylic acids is 2. The molecule has 69 heavy (non-hydrogen) atoms. The van der Waals surface area contributed by atoms with Gasteiger partial charge in [0, 0.05) is 12.8 Å². The molecule has 3 atom stereocenters. The summed E-state index contributed by atoms with van der Waals surface area (Å²) in [5.41, 5.74) is 0. The second-order valence-corrected chi connectivity index (χ2v) is 22.2. The Morgan fingerprint density at radius 1 is 0.507 bits per heavy atom. The molecule has 0 heterocycles. The smallest absolute Gasteiger partial charge is 0.306 e. The van der Waals surface area contributed by atoms with Gasteiger partial charge in [0.1, 0.15) is 19.3 Å². The minimum Gasteiger partial charge on any atom is -0.756 e. The summed E-state index contributed by atoms with van der Waals surface area (Å²) in [7, 11) is 1.18. The van der Waals surface area contributed by atoms with E-state index in [0.29, 0.717) is 17.4 Å². The van der Waals surface area contributed by atoms with E-state index in [1.165, 1.54) is 141 Å². The maximum Gasteiger partial charge on any atom is 0.306 e. The van der Waals surface area contributed by atoms with Crippen molar-refractivity contribution in [1.29, 1.82) is 0 Å². The summed E-state index contributed by atoms with van der Waals surface area (Å²) in [5.74, 6) is -0.556. The van der Waals surface area contributed by atoms with Crippen molar-refractivity contribution in [1.82, 2.24) is 5.32 Å². The van der Waals surface area contributed by atoms with Crippen molar-refractivity contribution in [3.8, 4) is 0 Å². The quantitative estimate of drug-likeness (QED) is 0.0161. The van der Waals surface area contributed by atoms with Gasteiger partial charge in [-0.1, -0.05) is 217 Å². The van der Waals surface area contributed by atoms with Gasteiger partial charge in [-0.15, -0.1) is 0 Å². The molecule has 0 aromatic carbocycles. The summed E-state index contributed by atoms with van der Waals surface area (Å²) in [6.45, 7) is 6.80. The number of phosphoric ester groups is 1. The number of phosphoric acid groups is 1. The van der Waals surface area contributed by atoms with E-state index in [4.69, 9.17) is 13.8 Å². The lowest BCUT2D eigenvalue weighted by molar-refractivity contribution is -0.870. The molecule has 404 valence electrons. The van der Waals surface area contributed by atoms with Crippen LogP contribution in [0.5, 0.6) is 0 Å². The number of amides is 1. The average molecular weight is 992 g/mol. The largest absolute Gasteiger partial charge is 0.756 e. The molecule has 0 aliphatic rings. The molecule has 9 nitrogen and oxygen atoms in total. The Morgan fingerprint density at radius 2 is 0.884 bits per heavy atom. The van der Waals surface area contributed by atoms with Crippen molar-refractivity contribution >= 4 is 19.7 Å². The summed E-state index contributed by atoms with van der Waals surface area (Å²) in [6.07, 6.45) is 59.2. The molecule has 0 saturated heterocycles. The van der Waals surface area contributed by atoms with E-state index in [0.717, 1.165) is 89.9 Å². The second kappa shape index (κ2) is 49.5. The van der Waals surface area contributed by atoms with E-state index in [9.17, 15) is 19.0 Å². The zero-order valence-electron chi connectivity index (χ0n) is 46.0. The van der Waals surface area contributed by atoms with E-state index >= 15 is 0 Å². The summed E-state index contributed by atoms with van der Waals surface area (Å²) in [4.78, 5) is 39.8. The fourth-order valence-corrected chi connectivity index (χ4v) is 8.94. The molecule has 0 aromatic rings. The number of esters is 1. The third-order valence-corrected chi connectivity index (χ3v) is 13.7. The molecule has 0 bridgehead atoms.